The fourth-order valence-electron chi connectivity index (χ4n) is 4.42. The van der Waals surface area contributed by atoms with Crippen molar-refractivity contribution in [3.05, 3.63) is 89.5 Å². The monoisotopic (exact) mass is 484 g/mol. The maximum atomic E-state index is 13.1. The zero-order valence-corrected chi connectivity index (χ0v) is 20.6. The fourth-order valence-corrected chi connectivity index (χ4v) is 4.42. The van der Waals surface area contributed by atoms with Gasteiger partial charge in [0.1, 0.15) is 6.61 Å². The van der Waals surface area contributed by atoms with E-state index in [2.05, 4.69) is 39.6 Å². The molecule has 0 unspecified atom stereocenters. The first kappa shape index (κ1) is 23.9. The first-order valence-corrected chi connectivity index (χ1v) is 12.5. The van der Waals surface area contributed by atoms with Crippen LogP contribution in [0.5, 0.6) is 0 Å². The number of benzene rings is 3. The molecule has 3 aromatic rings. The molecule has 5 rings (SSSR count). The Bertz CT molecular complexity index is 1200. The number of carbonyl (C=O) groups excluding carboxylic acids is 2. The molecule has 0 bridgehead atoms. The summed E-state index contributed by atoms with van der Waals surface area (Å²) in [5.41, 5.74) is 5.01. The number of likely N-dealkylation sites (N-methyl/N-ethyl adjacent to an activating group) is 1. The van der Waals surface area contributed by atoms with Crippen molar-refractivity contribution >= 4 is 29.1 Å². The molecule has 7 heteroatoms. The van der Waals surface area contributed by atoms with Crippen LogP contribution >= 0.6 is 0 Å². The normalized spacial score (nSPS) is 15.9. The third-order valence-electron chi connectivity index (χ3n) is 6.77. The van der Waals surface area contributed by atoms with E-state index in [-0.39, 0.29) is 12.5 Å². The van der Waals surface area contributed by atoms with E-state index in [1.807, 2.05) is 48.5 Å². The zero-order chi connectivity index (χ0) is 24.9. The minimum atomic E-state index is -0.526. The van der Waals surface area contributed by atoms with E-state index in [1.165, 1.54) is 18.4 Å². The number of anilines is 3. The molecule has 186 valence electrons. The Kier molecular flexibility index (Phi) is 7.18. The first-order chi connectivity index (χ1) is 17.5. The van der Waals surface area contributed by atoms with E-state index in [1.54, 1.807) is 12.1 Å². The highest BCUT2D eigenvalue weighted by Gasteiger charge is 2.23. The van der Waals surface area contributed by atoms with E-state index in [0.717, 1.165) is 43.1 Å². The van der Waals surface area contributed by atoms with Crippen molar-refractivity contribution in [1.29, 1.82) is 0 Å². The summed E-state index contributed by atoms with van der Waals surface area (Å²) in [6.07, 6.45) is 1.98. The van der Waals surface area contributed by atoms with E-state index < -0.39 is 6.09 Å². The fraction of sp³-hybridized carbons (Fsp3) is 0.310. The van der Waals surface area contributed by atoms with Crippen LogP contribution in [-0.4, -0.2) is 50.1 Å². The molecule has 2 fully saturated rings. The van der Waals surface area contributed by atoms with E-state index >= 15 is 0 Å². The lowest BCUT2D eigenvalue weighted by atomic mass is 10.1. The predicted molar refractivity (Wildman–Crippen MR) is 143 cm³/mol. The Labute approximate surface area is 212 Å². The van der Waals surface area contributed by atoms with Crippen LogP contribution in [0, 0.1) is 0 Å². The Morgan fingerprint density at radius 3 is 2.31 bits per heavy atom. The minimum absolute atomic E-state index is 0.178. The molecule has 2 N–H and O–H groups in total. The zero-order valence-electron chi connectivity index (χ0n) is 20.6. The maximum Gasteiger partial charge on any atom is 0.412 e. The molecule has 7 nitrogen and oxygen atoms in total. The predicted octanol–water partition coefficient (Wildman–Crippen LogP) is 5.32. The second-order valence-electron chi connectivity index (χ2n) is 9.56. The van der Waals surface area contributed by atoms with E-state index in [0.29, 0.717) is 17.2 Å². The van der Waals surface area contributed by atoms with Gasteiger partial charge in [0.05, 0.1) is 11.4 Å². The van der Waals surface area contributed by atoms with Gasteiger partial charge in [-0.15, -0.1) is 0 Å². The highest BCUT2D eigenvalue weighted by molar-refractivity contribution is 6.06. The van der Waals surface area contributed by atoms with Crippen LogP contribution in [0.15, 0.2) is 72.8 Å². The molecule has 36 heavy (non-hydrogen) atoms. The Morgan fingerprint density at radius 2 is 1.61 bits per heavy atom. The molecular formula is C29H32N4O3. The largest absolute Gasteiger partial charge is 0.444 e. The summed E-state index contributed by atoms with van der Waals surface area (Å²) >= 11 is 0. The summed E-state index contributed by atoms with van der Waals surface area (Å²) in [7, 11) is 2.09. The lowest BCUT2D eigenvalue weighted by Gasteiger charge is -2.35. The highest BCUT2D eigenvalue weighted by atomic mass is 16.5. The van der Waals surface area contributed by atoms with Crippen molar-refractivity contribution in [3.63, 3.8) is 0 Å². The standard InChI is InChI=1S/C29H32N4O3/c1-32-15-17-33(18-16-32)27-19-24(28(34)30-25-12-9-23(10-13-25)22-7-8-22)11-14-26(27)31-29(35)36-20-21-5-3-2-4-6-21/h2-6,9-14,19,22H,7-8,15-18,20H2,1H3,(H,30,34)(H,31,35). The Morgan fingerprint density at radius 1 is 0.889 bits per heavy atom. The summed E-state index contributed by atoms with van der Waals surface area (Å²) in [5, 5.41) is 5.88. The van der Waals surface area contributed by atoms with Gasteiger partial charge in [-0.3, -0.25) is 10.1 Å². The number of ether oxygens (including phenoxy) is 1. The molecule has 1 saturated carbocycles. The molecule has 2 aliphatic rings. The van der Waals surface area contributed by atoms with Gasteiger partial charge < -0.3 is 19.9 Å². The second-order valence-corrected chi connectivity index (χ2v) is 9.56. The van der Waals surface area contributed by atoms with Crippen molar-refractivity contribution in [1.82, 2.24) is 4.90 Å². The average molecular weight is 485 g/mol. The van der Waals surface area contributed by atoms with Crippen LogP contribution in [0.2, 0.25) is 0 Å². The molecule has 3 aromatic carbocycles. The van der Waals surface area contributed by atoms with Gasteiger partial charge in [0.15, 0.2) is 0 Å². The molecule has 0 aromatic heterocycles. The van der Waals surface area contributed by atoms with Gasteiger partial charge in [-0.05, 0) is 67.3 Å². The van der Waals surface area contributed by atoms with Gasteiger partial charge in [0.25, 0.3) is 5.91 Å². The molecular weight excluding hydrogens is 452 g/mol. The summed E-state index contributed by atoms with van der Waals surface area (Å²) in [6.45, 7) is 3.61. The third-order valence-corrected chi connectivity index (χ3v) is 6.77. The number of nitrogens with zero attached hydrogens (tertiary/aromatic N) is 2. The summed E-state index contributed by atoms with van der Waals surface area (Å²) in [6, 6.07) is 23.1. The second kappa shape index (κ2) is 10.8. The van der Waals surface area contributed by atoms with Crippen molar-refractivity contribution in [2.75, 3.05) is 48.8 Å². The molecule has 1 heterocycles. The van der Waals surface area contributed by atoms with Gasteiger partial charge in [0.2, 0.25) is 0 Å². The van der Waals surface area contributed by atoms with Crippen molar-refractivity contribution in [3.8, 4) is 0 Å². The Hall–Kier alpha value is -3.84. The van der Waals surface area contributed by atoms with Crippen LogP contribution in [0.3, 0.4) is 0 Å². The van der Waals surface area contributed by atoms with Crippen molar-refractivity contribution < 1.29 is 14.3 Å². The van der Waals surface area contributed by atoms with E-state index in [4.69, 9.17) is 4.74 Å². The summed E-state index contributed by atoms with van der Waals surface area (Å²) < 4.78 is 5.42. The topological polar surface area (TPSA) is 73.9 Å². The van der Waals surface area contributed by atoms with Crippen LogP contribution in [0.4, 0.5) is 21.9 Å². The first-order valence-electron chi connectivity index (χ1n) is 12.5. The molecule has 0 atom stereocenters. The highest BCUT2D eigenvalue weighted by Crippen LogP contribution is 2.40. The number of piperazine rings is 1. The lowest BCUT2D eigenvalue weighted by molar-refractivity contribution is 0.102. The molecule has 1 aliphatic carbocycles. The smallest absolute Gasteiger partial charge is 0.412 e. The van der Waals surface area contributed by atoms with Crippen molar-refractivity contribution in [2.24, 2.45) is 0 Å². The third kappa shape index (κ3) is 6.04. The molecule has 0 radical (unpaired) electrons. The molecule has 1 saturated heterocycles. The lowest BCUT2D eigenvalue weighted by Crippen LogP contribution is -2.44. The average Bonchev–Trinajstić information content (AvgIpc) is 3.75. The SMILES string of the molecule is CN1CCN(c2cc(C(=O)Nc3ccc(C4CC4)cc3)ccc2NC(=O)OCc2ccccc2)CC1. The van der Waals surface area contributed by atoms with Gasteiger partial charge >= 0.3 is 6.09 Å². The Balaban J connectivity index is 1.30. The van der Waals surface area contributed by atoms with E-state index in [9.17, 15) is 9.59 Å². The molecule has 0 spiro atoms. The number of hydrogen-bond donors (Lipinski definition) is 2. The number of hydrogen-bond acceptors (Lipinski definition) is 5. The van der Waals surface area contributed by atoms with Crippen LogP contribution in [0.1, 0.15) is 40.2 Å². The van der Waals surface area contributed by atoms with Gasteiger partial charge in [0, 0.05) is 37.4 Å². The summed E-state index contributed by atoms with van der Waals surface area (Å²) in [4.78, 5) is 30.1. The van der Waals surface area contributed by atoms with Gasteiger partial charge in [-0.1, -0.05) is 42.5 Å². The molecule has 2 amide bonds. The summed E-state index contributed by atoms with van der Waals surface area (Å²) in [5.74, 6) is 0.503. The quantitative estimate of drug-likeness (QED) is 0.475. The van der Waals surface area contributed by atoms with Gasteiger partial charge in [-0.25, -0.2) is 4.79 Å². The van der Waals surface area contributed by atoms with Crippen molar-refractivity contribution in [2.45, 2.75) is 25.4 Å². The number of nitrogens with one attached hydrogen (secondary N) is 2. The van der Waals surface area contributed by atoms with Crippen LogP contribution < -0.4 is 15.5 Å². The number of rotatable bonds is 7. The number of carbonyl (C=O) groups is 2. The molecule has 1 aliphatic heterocycles. The number of amides is 2. The van der Waals surface area contributed by atoms with Gasteiger partial charge in [-0.2, -0.15) is 0 Å². The maximum absolute atomic E-state index is 13.1. The van der Waals surface area contributed by atoms with Crippen LogP contribution in [-0.2, 0) is 11.3 Å². The van der Waals surface area contributed by atoms with Crippen LogP contribution in [0.25, 0.3) is 0 Å². The minimum Gasteiger partial charge on any atom is -0.444 e.